The third kappa shape index (κ3) is 3.38. The van der Waals surface area contributed by atoms with E-state index in [1.165, 1.54) is 24.7 Å². The van der Waals surface area contributed by atoms with Gasteiger partial charge in [0.1, 0.15) is 23.6 Å². The standard InChI is InChI=1S/C13H20N5O8P/c1-13(2,27(23,24)25)17-12-15-9-6(10(22)16-12)14-4-18(9)11-8(21)7(20)5(3-19)26-11/h4-5,7-8,11,19-21H,3H2,1-2H3,(H2,23,24,25)(H2,15,16,17,22)/t5-,7+,8+,11-/m0/s1. The van der Waals surface area contributed by atoms with E-state index < -0.39 is 49.6 Å². The highest BCUT2D eigenvalue weighted by Crippen LogP contribution is 2.49. The van der Waals surface area contributed by atoms with E-state index in [2.05, 4.69) is 20.3 Å². The van der Waals surface area contributed by atoms with Gasteiger partial charge in [0.15, 0.2) is 17.4 Å². The lowest BCUT2D eigenvalue weighted by Gasteiger charge is -2.27. The fourth-order valence-electron chi connectivity index (χ4n) is 2.64. The van der Waals surface area contributed by atoms with Crippen LogP contribution in [0.15, 0.2) is 11.1 Å². The van der Waals surface area contributed by atoms with E-state index in [1.54, 1.807) is 0 Å². The molecule has 4 atom stereocenters. The third-order valence-corrected chi connectivity index (χ3v) is 5.94. The van der Waals surface area contributed by atoms with Crippen molar-refractivity contribution in [2.24, 2.45) is 0 Å². The zero-order valence-electron chi connectivity index (χ0n) is 14.3. The molecule has 1 aliphatic heterocycles. The van der Waals surface area contributed by atoms with Crippen LogP contribution in [0.5, 0.6) is 0 Å². The monoisotopic (exact) mass is 405 g/mol. The first-order valence-corrected chi connectivity index (χ1v) is 9.50. The number of aromatic amines is 1. The molecular formula is C13H20N5O8P. The number of H-pyrrole nitrogens is 1. The maximum atomic E-state index is 12.2. The number of imidazole rings is 1. The molecular weight excluding hydrogens is 385 g/mol. The summed E-state index contributed by atoms with van der Waals surface area (Å²) in [6.45, 7) is 1.95. The molecule has 1 fully saturated rings. The normalized spacial score (nSPS) is 26.6. The quantitative estimate of drug-likeness (QED) is 0.273. The number of aromatic nitrogens is 4. The molecule has 0 spiro atoms. The van der Waals surface area contributed by atoms with Crippen LogP contribution in [0, 0.1) is 0 Å². The minimum atomic E-state index is -4.58. The Bertz CT molecular complexity index is 952. The third-order valence-electron chi connectivity index (χ3n) is 4.38. The molecule has 2 aromatic rings. The minimum Gasteiger partial charge on any atom is -0.394 e. The van der Waals surface area contributed by atoms with E-state index >= 15 is 0 Å². The lowest BCUT2D eigenvalue weighted by molar-refractivity contribution is -0.0511. The second kappa shape index (κ2) is 6.63. The SMILES string of the molecule is CC(C)(Nc1nc2c(ncn2[C@H]2O[C@@H](CO)[C@@H](O)[C@H]2O)c(=O)[nH]1)P(=O)(O)O. The Morgan fingerprint density at radius 3 is 2.59 bits per heavy atom. The van der Waals surface area contributed by atoms with Gasteiger partial charge in [0.25, 0.3) is 5.56 Å². The Balaban J connectivity index is 2.04. The first-order chi connectivity index (χ1) is 12.5. The molecule has 0 aliphatic carbocycles. The summed E-state index contributed by atoms with van der Waals surface area (Å²) >= 11 is 0. The molecule has 2 aromatic heterocycles. The lowest BCUT2D eigenvalue weighted by atomic mass is 10.1. The van der Waals surface area contributed by atoms with Crippen LogP contribution in [0.2, 0.25) is 0 Å². The predicted molar refractivity (Wildman–Crippen MR) is 90.9 cm³/mol. The summed E-state index contributed by atoms with van der Waals surface area (Å²) in [4.78, 5) is 41.4. The van der Waals surface area contributed by atoms with Crippen molar-refractivity contribution in [3.63, 3.8) is 0 Å². The molecule has 3 rings (SSSR count). The number of hydrogen-bond donors (Lipinski definition) is 7. The summed E-state index contributed by atoms with van der Waals surface area (Å²) in [5.74, 6) is -0.227. The van der Waals surface area contributed by atoms with Crippen LogP contribution in [0.4, 0.5) is 5.95 Å². The van der Waals surface area contributed by atoms with E-state index in [4.69, 9.17) is 4.74 Å². The molecule has 1 aliphatic rings. The molecule has 14 heteroatoms. The second-order valence-electron chi connectivity index (χ2n) is 6.70. The van der Waals surface area contributed by atoms with Crippen LogP contribution >= 0.6 is 7.60 Å². The Labute approximate surface area is 151 Å². The molecule has 27 heavy (non-hydrogen) atoms. The largest absolute Gasteiger partial charge is 0.394 e. The molecule has 150 valence electrons. The van der Waals surface area contributed by atoms with Gasteiger partial charge < -0.3 is 35.2 Å². The maximum absolute atomic E-state index is 12.2. The molecule has 1 saturated heterocycles. The molecule has 0 amide bonds. The number of ether oxygens (including phenoxy) is 1. The summed E-state index contributed by atoms with van der Waals surface area (Å²) in [7, 11) is -4.58. The predicted octanol–water partition coefficient (Wildman–Crippen LogP) is -1.94. The highest BCUT2D eigenvalue weighted by Gasteiger charge is 2.44. The number of hydrogen-bond acceptors (Lipinski definition) is 9. The molecule has 0 unspecified atom stereocenters. The fraction of sp³-hybridized carbons (Fsp3) is 0.615. The Kier molecular flexibility index (Phi) is 4.89. The summed E-state index contributed by atoms with van der Waals surface area (Å²) in [5.41, 5.74) is -0.834. The second-order valence-corrected chi connectivity index (χ2v) is 8.90. The highest BCUT2D eigenvalue weighted by atomic mass is 31.2. The summed E-state index contributed by atoms with van der Waals surface area (Å²) in [6, 6.07) is 0. The molecule has 13 nitrogen and oxygen atoms in total. The molecule has 3 heterocycles. The number of aliphatic hydroxyl groups is 3. The zero-order valence-corrected chi connectivity index (χ0v) is 15.2. The fourth-order valence-corrected chi connectivity index (χ4v) is 2.90. The summed E-state index contributed by atoms with van der Waals surface area (Å²) < 4.78 is 18.2. The van der Waals surface area contributed by atoms with E-state index in [9.17, 15) is 34.5 Å². The van der Waals surface area contributed by atoms with Gasteiger partial charge in [-0.25, -0.2) is 4.98 Å². The Morgan fingerprint density at radius 1 is 1.37 bits per heavy atom. The van der Waals surface area contributed by atoms with Gasteiger partial charge in [0.05, 0.1) is 12.9 Å². The Morgan fingerprint density at radius 2 is 2.04 bits per heavy atom. The van der Waals surface area contributed by atoms with Crippen molar-refractivity contribution in [3.8, 4) is 0 Å². The van der Waals surface area contributed by atoms with Crippen molar-refractivity contribution in [2.45, 2.75) is 43.7 Å². The average Bonchev–Trinajstić information content (AvgIpc) is 3.08. The highest BCUT2D eigenvalue weighted by molar-refractivity contribution is 7.53. The number of nitrogens with zero attached hydrogens (tertiary/aromatic N) is 3. The van der Waals surface area contributed by atoms with Crippen molar-refractivity contribution in [2.75, 3.05) is 11.9 Å². The van der Waals surface area contributed by atoms with Gasteiger partial charge in [-0.1, -0.05) is 0 Å². The summed E-state index contributed by atoms with van der Waals surface area (Å²) in [6.07, 6.45) is -3.80. The van der Waals surface area contributed by atoms with E-state index in [1.807, 2.05) is 0 Å². The van der Waals surface area contributed by atoms with Crippen molar-refractivity contribution in [3.05, 3.63) is 16.7 Å². The van der Waals surface area contributed by atoms with Crippen LogP contribution in [0.25, 0.3) is 11.2 Å². The topological polar surface area (TPSA) is 203 Å². The molecule has 0 aromatic carbocycles. The van der Waals surface area contributed by atoms with Crippen molar-refractivity contribution >= 4 is 24.7 Å². The van der Waals surface area contributed by atoms with E-state index in [0.717, 1.165) is 0 Å². The average molecular weight is 405 g/mol. The van der Waals surface area contributed by atoms with Crippen molar-refractivity contribution in [1.82, 2.24) is 19.5 Å². The van der Waals surface area contributed by atoms with E-state index in [0.29, 0.717) is 0 Å². The first kappa shape index (κ1) is 19.9. The van der Waals surface area contributed by atoms with Gasteiger partial charge >= 0.3 is 7.60 Å². The van der Waals surface area contributed by atoms with Gasteiger partial charge in [0, 0.05) is 0 Å². The van der Waals surface area contributed by atoms with Crippen LogP contribution in [0.1, 0.15) is 20.1 Å². The lowest BCUT2D eigenvalue weighted by Crippen LogP contribution is -2.33. The van der Waals surface area contributed by atoms with Crippen molar-refractivity contribution < 1.29 is 34.4 Å². The number of rotatable bonds is 5. The van der Waals surface area contributed by atoms with Gasteiger partial charge in [-0.15, -0.1) is 0 Å². The first-order valence-electron chi connectivity index (χ1n) is 7.89. The van der Waals surface area contributed by atoms with Crippen LogP contribution in [-0.4, -0.2) is 74.8 Å². The van der Waals surface area contributed by atoms with Crippen molar-refractivity contribution in [1.29, 1.82) is 0 Å². The number of aliphatic hydroxyl groups excluding tert-OH is 3. The van der Waals surface area contributed by atoms with E-state index in [-0.39, 0.29) is 17.1 Å². The van der Waals surface area contributed by atoms with Gasteiger partial charge in [-0.05, 0) is 13.8 Å². The Hall–Kier alpha value is -1.86. The maximum Gasteiger partial charge on any atom is 0.350 e. The smallest absolute Gasteiger partial charge is 0.350 e. The van der Waals surface area contributed by atoms with Crippen LogP contribution in [-0.2, 0) is 9.30 Å². The summed E-state index contributed by atoms with van der Waals surface area (Å²) in [5, 5.41) is 30.0. The minimum absolute atomic E-state index is 0.0439. The molecule has 7 N–H and O–H groups in total. The molecule has 0 saturated carbocycles. The molecule has 0 radical (unpaired) electrons. The van der Waals surface area contributed by atoms with Gasteiger partial charge in [-0.2, -0.15) is 4.98 Å². The molecule has 0 bridgehead atoms. The van der Waals surface area contributed by atoms with Gasteiger partial charge in [0.2, 0.25) is 5.95 Å². The number of nitrogens with one attached hydrogen (secondary N) is 2. The number of fused-ring (bicyclic) bond motifs is 1. The van der Waals surface area contributed by atoms with Crippen LogP contribution in [0.3, 0.4) is 0 Å². The van der Waals surface area contributed by atoms with Gasteiger partial charge in [-0.3, -0.25) is 18.9 Å². The zero-order chi connectivity index (χ0) is 20.1. The number of anilines is 1. The van der Waals surface area contributed by atoms with Crippen LogP contribution < -0.4 is 10.9 Å².